The fourth-order valence-corrected chi connectivity index (χ4v) is 0. The molecule has 0 aliphatic heterocycles. The normalized spacial score (nSPS) is 6.14. The Kier molecular flexibility index (Phi) is 12.5. The molecule has 0 saturated carbocycles. The molecule has 0 aromatic carbocycles. The molecule has 3 nitrogen and oxygen atoms in total. The van der Waals surface area contributed by atoms with Gasteiger partial charge in [0.15, 0.2) is 7.05 Å². The van der Waals surface area contributed by atoms with Crippen LogP contribution in [0.2, 0.25) is 0 Å². The van der Waals surface area contributed by atoms with Gasteiger partial charge in [0.2, 0.25) is 0 Å². The van der Waals surface area contributed by atoms with E-state index >= 15 is 0 Å². The Balaban J connectivity index is 0. The number of hydrogen-bond acceptors (Lipinski definition) is 2. The molecule has 0 spiro atoms. The molecular weight excluding hydrogens is 94.0 g/mol. The molecule has 7 heavy (non-hydrogen) atoms. The molecular formula is C4H11NO2. The standard InChI is InChI=1S/C3H8.CH3NO2/c1-3-2;1-2(3)4/h3H2,1-2H3;1H3. The van der Waals surface area contributed by atoms with Crippen molar-refractivity contribution in [3.8, 4) is 0 Å². The van der Waals surface area contributed by atoms with Gasteiger partial charge >= 0.3 is 0 Å². The van der Waals surface area contributed by atoms with E-state index in [4.69, 9.17) is 10.1 Å². The van der Waals surface area contributed by atoms with E-state index in [0.29, 0.717) is 0 Å². The predicted molar refractivity (Wildman–Crippen MR) is 28.9 cm³/mol. The highest BCUT2D eigenvalue weighted by Crippen LogP contribution is 1.56. The summed E-state index contributed by atoms with van der Waals surface area (Å²) in [4.78, 5) is 8.31. The summed E-state index contributed by atoms with van der Waals surface area (Å²) in [7, 11) is 0.889. The van der Waals surface area contributed by atoms with Gasteiger partial charge in [0.25, 0.3) is 0 Å². The third-order valence-electron chi connectivity index (χ3n) is 0. The molecule has 0 aromatic heterocycles. The molecule has 3 heteroatoms. The second-order valence-electron chi connectivity index (χ2n) is 1.15. The van der Waals surface area contributed by atoms with Crippen molar-refractivity contribution in [2.75, 3.05) is 7.05 Å². The van der Waals surface area contributed by atoms with Gasteiger partial charge < -0.3 is 0 Å². The number of nitrogens with zero attached hydrogens (tertiary/aromatic N) is 1. The van der Waals surface area contributed by atoms with Crippen molar-refractivity contribution in [1.29, 1.82) is 0 Å². The summed E-state index contributed by atoms with van der Waals surface area (Å²) in [6, 6.07) is 0. The number of rotatable bonds is 0. The first kappa shape index (κ1) is 9.64. The SMILES string of the molecule is CCC.C[N+](=O)[O-]. The summed E-state index contributed by atoms with van der Waals surface area (Å²) in [5.74, 6) is 0. The zero-order chi connectivity index (χ0) is 6.28. The lowest BCUT2D eigenvalue weighted by Crippen LogP contribution is -1.79. The summed E-state index contributed by atoms with van der Waals surface area (Å²) in [5.41, 5.74) is 0. The second kappa shape index (κ2) is 9.04. The van der Waals surface area contributed by atoms with Crippen molar-refractivity contribution < 1.29 is 4.92 Å². The smallest absolute Gasteiger partial charge is 0.194 e. The van der Waals surface area contributed by atoms with E-state index < -0.39 is 4.92 Å². The van der Waals surface area contributed by atoms with Crippen LogP contribution < -0.4 is 0 Å². The monoisotopic (exact) mass is 105 g/mol. The van der Waals surface area contributed by atoms with Crippen LogP contribution in [0.15, 0.2) is 0 Å². The maximum Gasteiger partial charge on any atom is 0.194 e. The lowest BCUT2D eigenvalue weighted by molar-refractivity contribution is -0.445. The quantitative estimate of drug-likeness (QED) is 0.344. The predicted octanol–water partition coefficient (Wildman–Crippen LogP) is 1.31. The maximum atomic E-state index is 8.81. The van der Waals surface area contributed by atoms with E-state index in [0.717, 1.165) is 7.05 Å². The first-order valence-corrected chi connectivity index (χ1v) is 2.23. The van der Waals surface area contributed by atoms with Gasteiger partial charge in [-0.05, 0) is 0 Å². The van der Waals surface area contributed by atoms with Crippen LogP contribution >= 0.6 is 0 Å². The Bertz CT molecular complexity index is 41.0. The highest BCUT2D eigenvalue weighted by atomic mass is 16.6. The van der Waals surface area contributed by atoms with Crippen LogP contribution in [0.3, 0.4) is 0 Å². The molecule has 0 fully saturated rings. The van der Waals surface area contributed by atoms with E-state index in [1.807, 2.05) is 0 Å². The molecule has 44 valence electrons. The van der Waals surface area contributed by atoms with Crippen LogP contribution in [0.25, 0.3) is 0 Å². The summed E-state index contributed by atoms with van der Waals surface area (Å²) >= 11 is 0. The lowest BCUT2D eigenvalue weighted by atomic mass is 10.6. The minimum Gasteiger partial charge on any atom is -0.265 e. The van der Waals surface area contributed by atoms with Crippen LogP contribution in [0.4, 0.5) is 0 Å². The number of hydrogen-bond donors (Lipinski definition) is 0. The van der Waals surface area contributed by atoms with Crippen LogP contribution in [-0.2, 0) is 0 Å². The van der Waals surface area contributed by atoms with Crippen molar-refractivity contribution in [3.05, 3.63) is 10.1 Å². The van der Waals surface area contributed by atoms with Gasteiger partial charge in [0.05, 0.1) is 0 Å². The van der Waals surface area contributed by atoms with Gasteiger partial charge in [-0.3, -0.25) is 10.1 Å². The average molecular weight is 105 g/mol. The van der Waals surface area contributed by atoms with Crippen LogP contribution in [0, 0.1) is 10.1 Å². The average Bonchev–Trinajstić information content (AvgIpc) is 1.33. The molecule has 0 aromatic rings. The molecule has 0 radical (unpaired) electrons. The topological polar surface area (TPSA) is 43.1 Å². The van der Waals surface area contributed by atoms with Gasteiger partial charge in [-0.15, -0.1) is 0 Å². The van der Waals surface area contributed by atoms with Crippen molar-refractivity contribution in [1.82, 2.24) is 0 Å². The first-order chi connectivity index (χ1) is 3.15. The molecule has 0 aliphatic carbocycles. The van der Waals surface area contributed by atoms with E-state index in [1.54, 1.807) is 0 Å². The van der Waals surface area contributed by atoms with E-state index in [-0.39, 0.29) is 0 Å². The molecule has 0 saturated heterocycles. The minimum absolute atomic E-state index is 0.500. The molecule has 0 N–H and O–H groups in total. The fraction of sp³-hybridized carbons (Fsp3) is 1.00. The highest BCUT2D eigenvalue weighted by molar-refractivity contribution is 3.92. The fourth-order valence-electron chi connectivity index (χ4n) is 0. The van der Waals surface area contributed by atoms with Crippen LogP contribution in [0.5, 0.6) is 0 Å². The van der Waals surface area contributed by atoms with Crippen molar-refractivity contribution in [2.45, 2.75) is 20.3 Å². The third kappa shape index (κ3) is 173. The Morgan fingerprint density at radius 1 is 1.57 bits per heavy atom. The van der Waals surface area contributed by atoms with Gasteiger partial charge in [-0.25, -0.2) is 0 Å². The van der Waals surface area contributed by atoms with E-state index in [9.17, 15) is 0 Å². The molecule has 0 heterocycles. The van der Waals surface area contributed by atoms with E-state index in [2.05, 4.69) is 13.8 Å². The Morgan fingerprint density at radius 3 is 1.57 bits per heavy atom. The Labute approximate surface area is 43.5 Å². The molecule has 0 atom stereocenters. The van der Waals surface area contributed by atoms with Crippen LogP contribution in [0.1, 0.15) is 20.3 Å². The van der Waals surface area contributed by atoms with Crippen molar-refractivity contribution in [2.24, 2.45) is 0 Å². The van der Waals surface area contributed by atoms with Gasteiger partial charge in [-0.2, -0.15) is 0 Å². The zero-order valence-corrected chi connectivity index (χ0v) is 4.97. The molecule has 0 aliphatic rings. The van der Waals surface area contributed by atoms with Crippen LogP contribution in [-0.4, -0.2) is 12.0 Å². The zero-order valence-electron chi connectivity index (χ0n) is 4.97. The summed E-state index contributed by atoms with van der Waals surface area (Å²) in [6.45, 7) is 4.25. The van der Waals surface area contributed by atoms with Gasteiger partial charge in [0, 0.05) is 4.92 Å². The summed E-state index contributed by atoms with van der Waals surface area (Å²) < 4.78 is 0. The molecule has 0 amide bonds. The largest absolute Gasteiger partial charge is 0.265 e. The second-order valence-corrected chi connectivity index (χ2v) is 1.15. The van der Waals surface area contributed by atoms with Crippen molar-refractivity contribution >= 4 is 0 Å². The summed E-state index contributed by atoms with van der Waals surface area (Å²) in [6.07, 6.45) is 1.25. The van der Waals surface area contributed by atoms with Gasteiger partial charge in [0.1, 0.15) is 0 Å². The highest BCUT2D eigenvalue weighted by Gasteiger charge is 1.57. The number of nitro groups is 1. The van der Waals surface area contributed by atoms with E-state index in [1.165, 1.54) is 6.42 Å². The Morgan fingerprint density at radius 2 is 1.57 bits per heavy atom. The first-order valence-electron chi connectivity index (χ1n) is 2.23. The molecule has 0 bridgehead atoms. The Hall–Kier alpha value is -0.600. The lowest BCUT2D eigenvalue weighted by Gasteiger charge is -1.63. The van der Waals surface area contributed by atoms with Crippen molar-refractivity contribution in [3.63, 3.8) is 0 Å². The summed E-state index contributed by atoms with van der Waals surface area (Å²) in [5, 5.41) is 8.81. The third-order valence-corrected chi connectivity index (χ3v) is 0. The minimum atomic E-state index is -0.500. The molecule has 0 unspecified atom stereocenters. The molecule has 0 rings (SSSR count). The van der Waals surface area contributed by atoms with Gasteiger partial charge in [-0.1, -0.05) is 20.3 Å². The maximum absolute atomic E-state index is 8.81.